The van der Waals surface area contributed by atoms with Gasteiger partial charge in [0.2, 0.25) is 0 Å². The van der Waals surface area contributed by atoms with Gasteiger partial charge in [-0.25, -0.2) is 9.37 Å². The van der Waals surface area contributed by atoms with Crippen molar-refractivity contribution in [2.24, 2.45) is 7.05 Å². The maximum atomic E-state index is 13.3. The van der Waals surface area contributed by atoms with Crippen molar-refractivity contribution in [3.63, 3.8) is 0 Å². The number of benzene rings is 1. The molecule has 0 atom stereocenters. The maximum absolute atomic E-state index is 13.3. The van der Waals surface area contributed by atoms with Crippen LogP contribution in [0, 0.1) is 17.7 Å². The molecular weight excluding hydrogens is 275 g/mol. The standard InChI is InChI=1S/C15H15FN2OS/c1-18-8-7-17-15(18)20-11-13-5-6-14(16)10-12(13)4-2-3-9-19/h5-8,10,19H,3,9,11H2,1H3. The van der Waals surface area contributed by atoms with Gasteiger partial charge in [0.1, 0.15) is 5.82 Å². The fourth-order valence-electron chi connectivity index (χ4n) is 1.64. The molecule has 0 radical (unpaired) electrons. The largest absolute Gasteiger partial charge is 0.395 e. The zero-order valence-electron chi connectivity index (χ0n) is 11.1. The van der Waals surface area contributed by atoms with E-state index in [9.17, 15) is 4.39 Å². The predicted octanol–water partition coefficient (Wildman–Crippen LogP) is 2.59. The summed E-state index contributed by atoms with van der Waals surface area (Å²) in [5.74, 6) is 6.11. The highest BCUT2D eigenvalue weighted by Crippen LogP contribution is 2.23. The lowest BCUT2D eigenvalue weighted by Crippen LogP contribution is -1.93. The molecule has 5 heteroatoms. The number of imidazole rings is 1. The second-order valence-electron chi connectivity index (χ2n) is 4.19. The van der Waals surface area contributed by atoms with Gasteiger partial charge in [0.15, 0.2) is 5.16 Å². The highest BCUT2D eigenvalue weighted by molar-refractivity contribution is 7.98. The molecule has 2 aromatic rings. The molecule has 1 aromatic carbocycles. The van der Waals surface area contributed by atoms with E-state index in [4.69, 9.17) is 5.11 Å². The third-order valence-corrected chi connectivity index (χ3v) is 3.77. The number of aryl methyl sites for hydroxylation is 1. The highest BCUT2D eigenvalue weighted by atomic mass is 32.2. The minimum Gasteiger partial charge on any atom is -0.395 e. The minimum atomic E-state index is -0.302. The first-order valence-corrected chi connectivity index (χ1v) is 7.17. The molecular formula is C15H15FN2OS. The van der Waals surface area contributed by atoms with E-state index < -0.39 is 0 Å². The summed E-state index contributed by atoms with van der Waals surface area (Å²) < 4.78 is 15.2. The normalized spacial score (nSPS) is 10.2. The lowest BCUT2D eigenvalue weighted by Gasteiger charge is -2.05. The Hall–Kier alpha value is -1.77. The minimum absolute atomic E-state index is 0.0136. The van der Waals surface area contributed by atoms with Gasteiger partial charge in [0, 0.05) is 37.2 Å². The summed E-state index contributed by atoms with van der Waals surface area (Å²) in [6, 6.07) is 4.61. The number of aromatic nitrogens is 2. The Morgan fingerprint density at radius 2 is 2.30 bits per heavy atom. The van der Waals surface area contributed by atoms with Gasteiger partial charge >= 0.3 is 0 Å². The van der Waals surface area contributed by atoms with Gasteiger partial charge in [0.25, 0.3) is 0 Å². The second kappa shape index (κ2) is 7.13. The molecule has 1 heterocycles. The fraction of sp³-hybridized carbons (Fsp3) is 0.267. The SMILES string of the molecule is Cn1ccnc1SCc1ccc(F)cc1C#CCCO. The Morgan fingerprint density at radius 1 is 1.45 bits per heavy atom. The van der Waals surface area contributed by atoms with Crippen LogP contribution in [0.15, 0.2) is 35.7 Å². The molecule has 20 heavy (non-hydrogen) atoms. The summed E-state index contributed by atoms with van der Waals surface area (Å²) in [5, 5.41) is 9.64. The first-order valence-electron chi connectivity index (χ1n) is 6.19. The summed E-state index contributed by atoms with van der Waals surface area (Å²) in [6.07, 6.45) is 4.02. The van der Waals surface area contributed by atoms with E-state index in [1.807, 2.05) is 17.8 Å². The Kier molecular flexibility index (Phi) is 5.22. The van der Waals surface area contributed by atoms with Crippen molar-refractivity contribution in [1.29, 1.82) is 0 Å². The number of rotatable bonds is 4. The third kappa shape index (κ3) is 3.86. The molecule has 1 N–H and O–H groups in total. The molecule has 0 spiro atoms. The van der Waals surface area contributed by atoms with E-state index in [0.29, 0.717) is 17.7 Å². The molecule has 0 aliphatic heterocycles. The molecule has 2 rings (SSSR count). The van der Waals surface area contributed by atoms with Gasteiger partial charge in [-0.15, -0.1) is 0 Å². The average molecular weight is 290 g/mol. The summed E-state index contributed by atoms with van der Waals surface area (Å²) in [4.78, 5) is 4.24. The summed E-state index contributed by atoms with van der Waals surface area (Å²) in [7, 11) is 1.93. The van der Waals surface area contributed by atoms with Gasteiger partial charge in [-0.05, 0) is 17.7 Å². The molecule has 0 aliphatic rings. The number of nitrogens with zero attached hydrogens (tertiary/aromatic N) is 2. The molecule has 0 unspecified atom stereocenters. The van der Waals surface area contributed by atoms with E-state index in [2.05, 4.69) is 16.8 Å². The predicted molar refractivity (Wildman–Crippen MR) is 77.7 cm³/mol. The van der Waals surface area contributed by atoms with Crippen LogP contribution in [0.25, 0.3) is 0 Å². The topological polar surface area (TPSA) is 38.0 Å². The number of hydrogen-bond donors (Lipinski definition) is 1. The zero-order valence-corrected chi connectivity index (χ0v) is 12.0. The first kappa shape index (κ1) is 14.6. The van der Waals surface area contributed by atoms with Crippen LogP contribution in [0.4, 0.5) is 4.39 Å². The van der Waals surface area contributed by atoms with Crippen LogP contribution < -0.4 is 0 Å². The second-order valence-corrected chi connectivity index (χ2v) is 5.13. The first-order chi connectivity index (χ1) is 9.70. The van der Waals surface area contributed by atoms with Crippen molar-refractivity contribution in [1.82, 2.24) is 9.55 Å². The van der Waals surface area contributed by atoms with Crippen molar-refractivity contribution >= 4 is 11.8 Å². The summed E-state index contributed by atoms with van der Waals surface area (Å²) in [5.41, 5.74) is 1.63. The highest BCUT2D eigenvalue weighted by Gasteiger charge is 2.05. The quantitative estimate of drug-likeness (QED) is 0.695. The molecule has 0 bridgehead atoms. The molecule has 104 valence electrons. The van der Waals surface area contributed by atoms with Crippen molar-refractivity contribution in [3.8, 4) is 11.8 Å². The number of hydrogen-bond acceptors (Lipinski definition) is 3. The Bertz CT molecular complexity index is 643. The third-order valence-electron chi connectivity index (χ3n) is 2.67. The van der Waals surface area contributed by atoms with Crippen LogP contribution in [0.5, 0.6) is 0 Å². The molecule has 0 saturated carbocycles. The van der Waals surface area contributed by atoms with Crippen molar-refractivity contribution in [2.75, 3.05) is 6.61 Å². The van der Waals surface area contributed by atoms with Gasteiger partial charge in [0.05, 0.1) is 6.61 Å². The van der Waals surface area contributed by atoms with E-state index in [0.717, 1.165) is 10.7 Å². The Morgan fingerprint density at radius 3 is 3.00 bits per heavy atom. The van der Waals surface area contributed by atoms with E-state index >= 15 is 0 Å². The maximum Gasteiger partial charge on any atom is 0.167 e. The number of aliphatic hydroxyl groups is 1. The van der Waals surface area contributed by atoms with E-state index in [-0.39, 0.29) is 12.4 Å². The average Bonchev–Trinajstić information content (AvgIpc) is 2.84. The molecule has 0 fully saturated rings. The van der Waals surface area contributed by atoms with Crippen LogP contribution in [0.1, 0.15) is 17.5 Å². The lowest BCUT2D eigenvalue weighted by molar-refractivity contribution is 0.305. The molecule has 0 aliphatic carbocycles. The van der Waals surface area contributed by atoms with Gasteiger partial charge in [-0.1, -0.05) is 29.7 Å². The van der Waals surface area contributed by atoms with Crippen LogP contribution in [-0.2, 0) is 12.8 Å². The number of thioether (sulfide) groups is 1. The smallest absolute Gasteiger partial charge is 0.167 e. The van der Waals surface area contributed by atoms with Crippen molar-refractivity contribution < 1.29 is 9.50 Å². The fourth-order valence-corrected chi connectivity index (χ4v) is 2.57. The summed E-state index contributed by atoms with van der Waals surface area (Å²) >= 11 is 1.58. The van der Waals surface area contributed by atoms with Crippen LogP contribution in [0.2, 0.25) is 0 Å². The van der Waals surface area contributed by atoms with Crippen LogP contribution >= 0.6 is 11.8 Å². The van der Waals surface area contributed by atoms with E-state index in [1.165, 1.54) is 12.1 Å². The lowest BCUT2D eigenvalue weighted by atomic mass is 10.1. The Labute approximate surface area is 121 Å². The van der Waals surface area contributed by atoms with E-state index in [1.54, 1.807) is 24.0 Å². The molecule has 3 nitrogen and oxygen atoms in total. The van der Waals surface area contributed by atoms with Gasteiger partial charge in [-0.2, -0.15) is 0 Å². The number of halogens is 1. The molecule has 0 saturated heterocycles. The molecule has 0 amide bonds. The number of aliphatic hydroxyl groups excluding tert-OH is 1. The monoisotopic (exact) mass is 290 g/mol. The van der Waals surface area contributed by atoms with Crippen LogP contribution in [-0.4, -0.2) is 21.3 Å². The molecule has 1 aromatic heterocycles. The summed E-state index contributed by atoms with van der Waals surface area (Å²) in [6.45, 7) is 0.0136. The van der Waals surface area contributed by atoms with Gasteiger partial charge in [-0.3, -0.25) is 0 Å². The zero-order chi connectivity index (χ0) is 14.4. The Balaban J connectivity index is 2.15. The van der Waals surface area contributed by atoms with Crippen molar-refractivity contribution in [3.05, 3.63) is 47.5 Å². The van der Waals surface area contributed by atoms with Crippen molar-refractivity contribution in [2.45, 2.75) is 17.3 Å². The van der Waals surface area contributed by atoms with Crippen LogP contribution in [0.3, 0.4) is 0 Å². The van der Waals surface area contributed by atoms with Gasteiger partial charge < -0.3 is 9.67 Å².